The van der Waals surface area contributed by atoms with Gasteiger partial charge in [0.25, 0.3) is 11.8 Å². The molecule has 0 aliphatic carbocycles. The van der Waals surface area contributed by atoms with Gasteiger partial charge in [-0.1, -0.05) is 83.4 Å². The number of hydrogen-bond acceptors (Lipinski definition) is 7. The molecule has 0 unspecified atom stereocenters. The number of carbonyl (C=O) groups is 4. The SMILES string of the molecule is COC(=O)c1c(-c2ccc(C)cc2)csc1NC(=O)CSc1cccc(NC(=O)/C(=C\c2c(Cl)cccc2Cl)NC(=O)c2ccccc2)c1. The Morgan fingerprint density at radius 2 is 1.55 bits per heavy atom. The molecule has 0 bridgehead atoms. The van der Waals surface area contributed by atoms with Gasteiger partial charge in [-0.15, -0.1) is 23.1 Å². The quantitative estimate of drug-likeness (QED) is 0.0711. The lowest BCUT2D eigenvalue weighted by Crippen LogP contribution is -2.30. The lowest BCUT2D eigenvalue weighted by molar-refractivity contribution is -0.114. The van der Waals surface area contributed by atoms with Gasteiger partial charge in [-0.05, 0) is 61.0 Å². The Hall–Kier alpha value is -4.87. The fourth-order valence-corrected chi connectivity index (χ4v) is 6.84. The third-order valence-electron chi connectivity index (χ3n) is 7.08. The van der Waals surface area contributed by atoms with E-state index in [9.17, 15) is 19.2 Å². The van der Waals surface area contributed by atoms with Crippen molar-refractivity contribution in [1.82, 2.24) is 5.32 Å². The van der Waals surface area contributed by atoms with E-state index in [-0.39, 0.29) is 17.4 Å². The van der Waals surface area contributed by atoms with E-state index in [0.717, 1.165) is 11.1 Å². The van der Waals surface area contributed by atoms with Crippen LogP contribution in [0.1, 0.15) is 31.8 Å². The van der Waals surface area contributed by atoms with E-state index in [1.54, 1.807) is 72.8 Å². The predicted molar refractivity (Wildman–Crippen MR) is 199 cm³/mol. The number of nitrogens with one attached hydrogen (secondary N) is 3. The van der Waals surface area contributed by atoms with Crippen LogP contribution in [0.25, 0.3) is 17.2 Å². The molecule has 0 saturated heterocycles. The van der Waals surface area contributed by atoms with E-state index >= 15 is 0 Å². The first kappa shape index (κ1) is 35.4. The summed E-state index contributed by atoms with van der Waals surface area (Å²) in [6, 6.07) is 28.0. The summed E-state index contributed by atoms with van der Waals surface area (Å²) in [5, 5.41) is 11.1. The molecule has 3 amide bonds. The Balaban J connectivity index is 1.29. The fourth-order valence-electron chi connectivity index (χ4n) is 4.61. The van der Waals surface area contributed by atoms with Gasteiger partial charge in [-0.3, -0.25) is 14.4 Å². The molecule has 0 aliphatic heterocycles. The van der Waals surface area contributed by atoms with Gasteiger partial charge in [-0.25, -0.2) is 4.79 Å². The third-order valence-corrected chi connectivity index (χ3v) is 9.62. The summed E-state index contributed by atoms with van der Waals surface area (Å²) in [6.07, 6.45) is 1.42. The number of hydrogen-bond donors (Lipinski definition) is 3. The lowest BCUT2D eigenvalue weighted by atomic mass is 10.0. The predicted octanol–water partition coefficient (Wildman–Crippen LogP) is 8.96. The zero-order valence-corrected chi connectivity index (χ0v) is 29.4. The van der Waals surface area contributed by atoms with Crippen molar-refractivity contribution in [2.45, 2.75) is 11.8 Å². The van der Waals surface area contributed by atoms with Gasteiger partial charge >= 0.3 is 5.97 Å². The molecule has 49 heavy (non-hydrogen) atoms. The van der Waals surface area contributed by atoms with E-state index in [1.165, 1.54) is 36.3 Å². The number of esters is 1. The number of rotatable bonds is 11. The lowest BCUT2D eigenvalue weighted by Gasteiger charge is -2.13. The first-order valence-corrected chi connectivity index (χ1v) is 17.4. The summed E-state index contributed by atoms with van der Waals surface area (Å²) in [7, 11) is 1.30. The molecule has 0 fully saturated rings. The van der Waals surface area contributed by atoms with Gasteiger partial charge in [0.1, 0.15) is 16.3 Å². The number of ether oxygens (including phenoxy) is 1. The van der Waals surface area contributed by atoms with Crippen LogP contribution in [0.5, 0.6) is 0 Å². The van der Waals surface area contributed by atoms with Crippen molar-refractivity contribution >= 4 is 86.8 Å². The standard InChI is InChI=1S/C37H29Cl2N3O5S2/c1-22-14-16-23(17-15-22)28-20-49-36(33(28)37(46)47-2)42-32(43)21-48-26-11-6-10-25(18-26)40-35(45)31(19-27-29(38)12-7-13-30(27)39)41-34(44)24-8-4-3-5-9-24/h3-20H,21H2,1-2H3,(H,40,45)(H,41,44)(H,42,43)/b31-19+. The van der Waals surface area contributed by atoms with Crippen molar-refractivity contribution in [1.29, 1.82) is 0 Å². The Labute approximate surface area is 301 Å². The second kappa shape index (κ2) is 16.5. The number of amides is 3. The van der Waals surface area contributed by atoms with E-state index in [1.807, 2.05) is 36.6 Å². The number of anilines is 2. The third kappa shape index (κ3) is 9.18. The zero-order chi connectivity index (χ0) is 34.9. The molecule has 12 heteroatoms. The Morgan fingerprint density at radius 1 is 0.857 bits per heavy atom. The van der Waals surface area contributed by atoms with Crippen LogP contribution < -0.4 is 16.0 Å². The minimum absolute atomic E-state index is 0.0269. The van der Waals surface area contributed by atoms with E-state index in [2.05, 4.69) is 16.0 Å². The highest BCUT2D eigenvalue weighted by Crippen LogP contribution is 2.36. The van der Waals surface area contributed by atoms with Gasteiger partial charge in [0.2, 0.25) is 5.91 Å². The molecule has 5 rings (SSSR count). The number of methoxy groups -OCH3 is 1. The number of thiophene rings is 1. The molecular formula is C37H29Cl2N3O5S2. The second-order valence-corrected chi connectivity index (χ2v) is 13.3. The summed E-state index contributed by atoms with van der Waals surface area (Å²) in [5.74, 6) is -1.95. The Kier molecular flexibility index (Phi) is 11.9. The largest absolute Gasteiger partial charge is 0.465 e. The van der Waals surface area contributed by atoms with Crippen molar-refractivity contribution in [3.63, 3.8) is 0 Å². The second-order valence-electron chi connectivity index (χ2n) is 10.5. The van der Waals surface area contributed by atoms with Crippen LogP contribution in [-0.2, 0) is 14.3 Å². The number of benzene rings is 4. The molecule has 1 aromatic heterocycles. The van der Waals surface area contributed by atoms with E-state index < -0.39 is 17.8 Å². The van der Waals surface area contributed by atoms with Gasteiger partial charge in [0.05, 0.1) is 12.9 Å². The van der Waals surface area contributed by atoms with Crippen LogP contribution in [-0.4, -0.2) is 36.6 Å². The van der Waals surface area contributed by atoms with Crippen LogP contribution in [0.4, 0.5) is 10.7 Å². The summed E-state index contributed by atoms with van der Waals surface area (Å²) in [4.78, 5) is 53.0. The maximum atomic E-state index is 13.5. The summed E-state index contributed by atoms with van der Waals surface area (Å²) < 4.78 is 5.02. The van der Waals surface area contributed by atoms with Gasteiger partial charge in [0.15, 0.2) is 0 Å². The molecule has 3 N–H and O–H groups in total. The summed E-state index contributed by atoms with van der Waals surface area (Å²) >= 11 is 15.2. The van der Waals surface area contributed by atoms with Gasteiger partial charge < -0.3 is 20.7 Å². The monoisotopic (exact) mass is 729 g/mol. The minimum Gasteiger partial charge on any atom is -0.465 e. The first-order chi connectivity index (χ1) is 23.6. The average molecular weight is 731 g/mol. The molecule has 0 saturated carbocycles. The van der Waals surface area contributed by atoms with Crippen molar-refractivity contribution in [3.05, 3.63) is 140 Å². The molecule has 8 nitrogen and oxygen atoms in total. The smallest absolute Gasteiger partial charge is 0.341 e. The highest BCUT2D eigenvalue weighted by atomic mass is 35.5. The zero-order valence-electron chi connectivity index (χ0n) is 26.2. The molecule has 0 radical (unpaired) electrons. The highest BCUT2D eigenvalue weighted by Gasteiger charge is 2.23. The highest BCUT2D eigenvalue weighted by molar-refractivity contribution is 8.00. The van der Waals surface area contributed by atoms with Crippen LogP contribution in [0.2, 0.25) is 10.0 Å². The molecule has 0 aliphatic rings. The van der Waals surface area contributed by atoms with Gasteiger partial charge in [0, 0.05) is 42.7 Å². The molecule has 4 aromatic carbocycles. The van der Waals surface area contributed by atoms with Crippen molar-refractivity contribution in [2.75, 3.05) is 23.5 Å². The molecule has 0 spiro atoms. The molecule has 1 heterocycles. The first-order valence-electron chi connectivity index (χ1n) is 14.8. The van der Waals surface area contributed by atoms with E-state index in [0.29, 0.717) is 47.9 Å². The normalized spacial score (nSPS) is 11.1. The van der Waals surface area contributed by atoms with Crippen molar-refractivity contribution < 1.29 is 23.9 Å². The van der Waals surface area contributed by atoms with Gasteiger partial charge in [-0.2, -0.15) is 0 Å². The molecular weight excluding hydrogens is 701 g/mol. The average Bonchev–Trinajstić information content (AvgIpc) is 3.52. The number of aryl methyl sites for hydroxylation is 1. The number of halogens is 2. The number of thioether (sulfide) groups is 1. The van der Waals surface area contributed by atoms with Crippen molar-refractivity contribution in [2.24, 2.45) is 0 Å². The molecule has 248 valence electrons. The Bertz CT molecular complexity index is 2030. The Morgan fingerprint density at radius 3 is 2.24 bits per heavy atom. The molecule has 5 aromatic rings. The minimum atomic E-state index is -0.613. The van der Waals surface area contributed by atoms with Crippen molar-refractivity contribution in [3.8, 4) is 11.1 Å². The van der Waals surface area contributed by atoms with Crippen LogP contribution in [0, 0.1) is 6.92 Å². The number of carbonyl (C=O) groups excluding carboxylic acids is 4. The molecule has 0 atom stereocenters. The fraction of sp³-hybridized carbons (Fsp3) is 0.0811. The maximum absolute atomic E-state index is 13.5. The maximum Gasteiger partial charge on any atom is 0.341 e. The van der Waals surface area contributed by atoms with Crippen LogP contribution in [0.3, 0.4) is 0 Å². The topological polar surface area (TPSA) is 114 Å². The summed E-state index contributed by atoms with van der Waals surface area (Å²) in [5.41, 5.74) is 3.96. The van der Waals surface area contributed by atoms with Crippen LogP contribution in [0.15, 0.2) is 113 Å². The summed E-state index contributed by atoms with van der Waals surface area (Å²) in [6.45, 7) is 1.98. The van der Waals surface area contributed by atoms with Crippen LogP contribution >= 0.6 is 46.3 Å². The van der Waals surface area contributed by atoms with E-state index in [4.69, 9.17) is 27.9 Å².